The fraction of sp³-hybridized carbons (Fsp3) is 0.583. The lowest BCUT2D eigenvalue weighted by Gasteiger charge is -2.52. The van der Waals surface area contributed by atoms with E-state index in [1.54, 1.807) is 0 Å². The summed E-state index contributed by atoms with van der Waals surface area (Å²) in [6, 6.07) is 5.17. The predicted molar refractivity (Wildman–Crippen MR) is 129 cm³/mol. The van der Waals surface area contributed by atoms with Crippen LogP contribution in [0.5, 0.6) is 0 Å². The minimum Gasteiger partial charge on any atom is -0.377 e. The molecule has 32 heavy (non-hydrogen) atoms. The summed E-state index contributed by atoms with van der Waals surface area (Å²) >= 11 is 6.75. The van der Waals surface area contributed by atoms with Gasteiger partial charge in [-0.1, -0.05) is 25.4 Å². The number of rotatable bonds is 4. The van der Waals surface area contributed by atoms with Crippen molar-refractivity contribution in [1.29, 1.82) is 0 Å². The number of piperazine rings is 1. The van der Waals surface area contributed by atoms with Gasteiger partial charge >= 0.3 is 0 Å². The number of halogens is 1. The molecular formula is C24H33ClN6O. The van der Waals surface area contributed by atoms with Crippen molar-refractivity contribution in [2.24, 2.45) is 0 Å². The fourth-order valence-corrected chi connectivity index (χ4v) is 5.10. The summed E-state index contributed by atoms with van der Waals surface area (Å²) in [5.41, 5.74) is 3.34. The number of aromatic nitrogens is 4. The molecule has 1 saturated carbocycles. The first-order chi connectivity index (χ1) is 15.5. The van der Waals surface area contributed by atoms with Crippen LogP contribution in [0.25, 0.3) is 16.6 Å². The van der Waals surface area contributed by atoms with Crippen LogP contribution in [-0.4, -0.2) is 68.9 Å². The molecule has 0 radical (unpaired) electrons. The lowest BCUT2D eigenvalue weighted by Crippen LogP contribution is -2.66. The number of ether oxygens (including phenoxy) is 1. The van der Waals surface area contributed by atoms with Crippen LogP contribution in [0.3, 0.4) is 0 Å². The average molecular weight is 457 g/mol. The van der Waals surface area contributed by atoms with Crippen LogP contribution < -0.4 is 4.90 Å². The summed E-state index contributed by atoms with van der Waals surface area (Å²) in [4.78, 5) is 5.01. The van der Waals surface area contributed by atoms with Crippen molar-refractivity contribution in [3.05, 3.63) is 35.7 Å². The summed E-state index contributed by atoms with van der Waals surface area (Å²) in [5.74, 6) is 0. The molecule has 0 spiro atoms. The predicted octanol–water partition coefficient (Wildman–Crippen LogP) is 4.54. The van der Waals surface area contributed by atoms with Gasteiger partial charge in [0.05, 0.1) is 59.6 Å². The van der Waals surface area contributed by atoms with Gasteiger partial charge in [-0.15, -0.1) is 0 Å². The zero-order chi connectivity index (χ0) is 22.5. The van der Waals surface area contributed by atoms with E-state index in [1.807, 2.05) is 37.0 Å². The third kappa shape index (κ3) is 3.70. The van der Waals surface area contributed by atoms with Crippen LogP contribution in [0.1, 0.15) is 46.6 Å². The molecular weight excluding hydrogens is 424 g/mol. The number of fused-ring (bicyclic) bond motifs is 1. The zero-order valence-electron chi connectivity index (χ0n) is 19.5. The molecule has 1 atom stereocenters. The van der Waals surface area contributed by atoms with Crippen LogP contribution in [0, 0.1) is 0 Å². The molecule has 1 unspecified atom stereocenters. The Balaban J connectivity index is 0.00000105. The number of benzene rings is 1. The highest BCUT2D eigenvalue weighted by atomic mass is 35.5. The van der Waals surface area contributed by atoms with Gasteiger partial charge in [0.25, 0.3) is 0 Å². The van der Waals surface area contributed by atoms with E-state index in [0.717, 1.165) is 60.1 Å². The van der Waals surface area contributed by atoms with E-state index in [4.69, 9.17) is 16.3 Å². The van der Waals surface area contributed by atoms with Crippen LogP contribution in [0.2, 0.25) is 5.02 Å². The van der Waals surface area contributed by atoms with Crippen LogP contribution in [0.4, 0.5) is 5.69 Å². The highest BCUT2D eigenvalue weighted by molar-refractivity contribution is 6.34. The van der Waals surface area contributed by atoms with Crippen molar-refractivity contribution in [2.45, 2.75) is 58.2 Å². The van der Waals surface area contributed by atoms with Gasteiger partial charge in [0.15, 0.2) is 0 Å². The highest BCUT2D eigenvalue weighted by Crippen LogP contribution is 2.37. The maximum atomic E-state index is 6.75. The van der Waals surface area contributed by atoms with E-state index >= 15 is 0 Å². The van der Waals surface area contributed by atoms with Gasteiger partial charge in [0, 0.05) is 31.1 Å². The normalized spacial score (nSPS) is 23.0. The summed E-state index contributed by atoms with van der Waals surface area (Å²) in [5, 5.41) is 11.0. The maximum absolute atomic E-state index is 6.75. The zero-order valence-corrected chi connectivity index (χ0v) is 20.2. The van der Waals surface area contributed by atoms with Gasteiger partial charge in [-0.05, 0) is 38.8 Å². The second-order valence-corrected chi connectivity index (χ2v) is 9.71. The molecule has 0 bridgehead atoms. The molecule has 2 saturated heterocycles. The van der Waals surface area contributed by atoms with Gasteiger partial charge in [-0.25, -0.2) is 4.68 Å². The highest BCUT2D eigenvalue weighted by Gasteiger charge is 2.42. The van der Waals surface area contributed by atoms with E-state index in [1.165, 1.54) is 12.8 Å². The van der Waals surface area contributed by atoms with Crippen LogP contribution in [-0.2, 0) is 4.74 Å². The van der Waals surface area contributed by atoms with Crippen molar-refractivity contribution in [1.82, 2.24) is 24.5 Å². The maximum Gasteiger partial charge on any atom is 0.103 e. The summed E-state index contributed by atoms with van der Waals surface area (Å²) in [6.45, 7) is 13.2. The number of nitrogens with zero attached hydrogens (tertiary/aromatic N) is 6. The Morgan fingerprint density at radius 1 is 1.09 bits per heavy atom. The number of anilines is 1. The Kier molecular flexibility index (Phi) is 5.68. The molecule has 3 aliphatic rings. The summed E-state index contributed by atoms with van der Waals surface area (Å²) < 4.78 is 9.52. The molecule has 1 aliphatic carbocycles. The minimum atomic E-state index is 0.189. The summed E-state index contributed by atoms with van der Waals surface area (Å²) in [7, 11) is 0. The lowest BCUT2D eigenvalue weighted by molar-refractivity contribution is -0.134. The van der Waals surface area contributed by atoms with Gasteiger partial charge in [-0.3, -0.25) is 9.58 Å². The van der Waals surface area contributed by atoms with Crippen molar-refractivity contribution >= 4 is 28.2 Å². The van der Waals surface area contributed by atoms with Gasteiger partial charge in [0.1, 0.15) is 5.69 Å². The molecule has 7 nitrogen and oxygen atoms in total. The van der Waals surface area contributed by atoms with Crippen molar-refractivity contribution in [2.75, 3.05) is 37.7 Å². The SMILES string of the molecule is CC.CC1CN(C2(C)COC2)CCN1c1cc2c(cnn2-c2cnn(C3CC3)c2)cc1Cl. The van der Waals surface area contributed by atoms with E-state index in [9.17, 15) is 0 Å². The Labute approximate surface area is 194 Å². The van der Waals surface area contributed by atoms with Gasteiger partial charge in [-0.2, -0.15) is 10.2 Å². The number of hydrogen-bond acceptors (Lipinski definition) is 5. The topological polar surface area (TPSA) is 51.4 Å². The largest absolute Gasteiger partial charge is 0.377 e. The molecule has 3 fully saturated rings. The average Bonchev–Trinajstić information content (AvgIpc) is 3.37. The van der Waals surface area contributed by atoms with E-state index in [-0.39, 0.29) is 5.54 Å². The van der Waals surface area contributed by atoms with Gasteiger partial charge < -0.3 is 9.64 Å². The van der Waals surface area contributed by atoms with E-state index in [0.29, 0.717) is 12.1 Å². The third-order valence-corrected chi connectivity index (χ3v) is 7.22. The second-order valence-electron chi connectivity index (χ2n) is 9.31. The van der Waals surface area contributed by atoms with Gasteiger partial charge in [0.2, 0.25) is 0 Å². The quantitative estimate of drug-likeness (QED) is 0.577. The lowest BCUT2D eigenvalue weighted by atomic mass is 9.95. The third-order valence-electron chi connectivity index (χ3n) is 6.92. The molecule has 8 heteroatoms. The monoisotopic (exact) mass is 456 g/mol. The molecule has 0 amide bonds. The molecule has 4 heterocycles. The molecule has 172 valence electrons. The molecule has 3 aromatic rings. The standard InChI is InChI=1S/C22H27ClN6O.C2H6/c1-15-11-26(22(2)13-30-14-22)5-6-27(15)21-8-20-16(7-19(21)23)9-25-29(20)18-10-24-28(12-18)17-3-4-17;1-2/h7-10,12,15,17H,3-6,11,13-14H2,1-2H3;1-2H3. The molecule has 1 aromatic carbocycles. The first-order valence-electron chi connectivity index (χ1n) is 11.8. The Morgan fingerprint density at radius 3 is 2.53 bits per heavy atom. The smallest absolute Gasteiger partial charge is 0.103 e. The first-order valence-corrected chi connectivity index (χ1v) is 12.2. The van der Waals surface area contributed by atoms with Crippen LogP contribution in [0.15, 0.2) is 30.7 Å². The van der Waals surface area contributed by atoms with E-state index in [2.05, 4.69) is 50.8 Å². The number of hydrogen-bond donors (Lipinski definition) is 0. The van der Waals surface area contributed by atoms with Crippen molar-refractivity contribution in [3.63, 3.8) is 0 Å². The minimum absolute atomic E-state index is 0.189. The summed E-state index contributed by atoms with van der Waals surface area (Å²) in [6.07, 6.45) is 8.33. The molecule has 6 rings (SSSR count). The first kappa shape index (κ1) is 21.7. The van der Waals surface area contributed by atoms with Crippen molar-refractivity contribution < 1.29 is 4.74 Å². The Bertz CT molecular complexity index is 1100. The molecule has 2 aliphatic heterocycles. The second kappa shape index (κ2) is 8.36. The Morgan fingerprint density at radius 2 is 1.88 bits per heavy atom. The molecule has 2 aromatic heterocycles. The van der Waals surface area contributed by atoms with E-state index < -0.39 is 0 Å². The molecule has 0 N–H and O–H groups in total. The fourth-order valence-electron chi connectivity index (χ4n) is 4.82. The Hall–Kier alpha value is -2.09. The van der Waals surface area contributed by atoms with Crippen molar-refractivity contribution in [3.8, 4) is 5.69 Å². The van der Waals surface area contributed by atoms with Crippen LogP contribution >= 0.6 is 11.6 Å².